The van der Waals surface area contributed by atoms with Gasteiger partial charge in [0.25, 0.3) is 0 Å². The summed E-state index contributed by atoms with van der Waals surface area (Å²) < 4.78 is 5.34. The maximum Gasteiger partial charge on any atom is 0.305 e. The van der Waals surface area contributed by atoms with E-state index in [2.05, 4.69) is 6.92 Å². The topological polar surface area (TPSA) is 26.3 Å². The predicted molar refractivity (Wildman–Crippen MR) is 94.0 cm³/mol. The van der Waals surface area contributed by atoms with Gasteiger partial charge in [-0.1, -0.05) is 90.9 Å². The van der Waals surface area contributed by atoms with Crippen LogP contribution in [-0.2, 0) is 9.53 Å². The van der Waals surface area contributed by atoms with Crippen molar-refractivity contribution in [3.8, 4) is 0 Å². The van der Waals surface area contributed by atoms with Crippen LogP contribution in [0.15, 0.2) is 0 Å². The number of esters is 1. The molecule has 0 bridgehead atoms. The molecule has 2 unspecified atom stereocenters. The van der Waals surface area contributed by atoms with Gasteiger partial charge in [-0.2, -0.15) is 0 Å². The van der Waals surface area contributed by atoms with Gasteiger partial charge < -0.3 is 4.74 Å². The molecule has 2 atom stereocenters. The molecule has 0 aromatic heterocycles. The summed E-state index contributed by atoms with van der Waals surface area (Å²) in [5, 5.41) is 0. The minimum Gasteiger partial charge on any atom is -0.462 e. The van der Waals surface area contributed by atoms with Crippen LogP contribution in [0.1, 0.15) is 110 Å². The molecule has 0 heterocycles. The molecular formula is C20H38O2. The van der Waals surface area contributed by atoms with Gasteiger partial charge in [-0.15, -0.1) is 0 Å². The SMILES string of the molecule is CCCCCCCCCCCCCCC1CC1OC(=O)CC. The van der Waals surface area contributed by atoms with Crippen LogP contribution >= 0.6 is 0 Å². The Morgan fingerprint density at radius 3 is 1.82 bits per heavy atom. The Morgan fingerprint density at radius 2 is 1.32 bits per heavy atom. The van der Waals surface area contributed by atoms with E-state index in [1.165, 1.54) is 83.5 Å². The van der Waals surface area contributed by atoms with E-state index in [4.69, 9.17) is 4.74 Å². The molecule has 2 nitrogen and oxygen atoms in total. The number of unbranched alkanes of at least 4 members (excludes halogenated alkanes) is 11. The summed E-state index contributed by atoms with van der Waals surface area (Å²) in [6.07, 6.45) is 20.0. The molecular weight excluding hydrogens is 272 g/mol. The van der Waals surface area contributed by atoms with Gasteiger partial charge in [0.2, 0.25) is 0 Å². The van der Waals surface area contributed by atoms with Gasteiger partial charge in [0.05, 0.1) is 0 Å². The van der Waals surface area contributed by atoms with Gasteiger partial charge in [0.15, 0.2) is 0 Å². The third kappa shape index (κ3) is 10.2. The van der Waals surface area contributed by atoms with Gasteiger partial charge in [-0.05, 0) is 18.8 Å². The zero-order valence-corrected chi connectivity index (χ0v) is 15.1. The van der Waals surface area contributed by atoms with E-state index in [1.54, 1.807) is 0 Å². The largest absolute Gasteiger partial charge is 0.462 e. The predicted octanol–water partition coefficient (Wildman–Crippen LogP) is 6.42. The van der Waals surface area contributed by atoms with E-state index in [-0.39, 0.29) is 12.1 Å². The van der Waals surface area contributed by atoms with E-state index in [1.807, 2.05) is 6.92 Å². The first-order chi connectivity index (χ1) is 10.8. The highest BCUT2D eigenvalue weighted by Crippen LogP contribution is 2.38. The minimum atomic E-state index is -0.0257. The Kier molecular flexibility index (Phi) is 11.5. The van der Waals surface area contributed by atoms with Gasteiger partial charge in [0.1, 0.15) is 6.10 Å². The zero-order valence-electron chi connectivity index (χ0n) is 15.1. The number of hydrogen-bond acceptors (Lipinski definition) is 2. The Morgan fingerprint density at radius 1 is 0.818 bits per heavy atom. The smallest absolute Gasteiger partial charge is 0.305 e. The molecule has 1 saturated carbocycles. The fourth-order valence-corrected chi connectivity index (χ4v) is 3.17. The Balaban J connectivity index is 1.73. The Labute approximate surface area is 138 Å². The molecule has 0 amide bonds. The molecule has 1 aliphatic carbocycles. The molecule has 2 heteroatoms. The molecule has 0 spiro atoms. The van der Waals surface area contributed by atoms with E-state index in [0.29, 0.717) is 12.3 Å². The van der Waals surface area contributed by atoms with Gasteiger partial charge in [0, 0.05) is 6.42 Å². The molecule has 0 radical (unpaired) electrons. The average Bonchev–Trinajstić information content (AvgIpc) is 3.26. The number of hydrogen-bond donors (Lipinski definition) is 0. The highest BCUT2D eigenvalue weighted by molar-refractivity contribution is 5.69. The van der Waals surface area contributed by atoms with Gasteiger partial charge in [-0.3, -0.25) is 4.79 Å². The summed E-state index contributed by atoms with van der Waals surface area (Å²) in [6, 6.07) is 0. The lowest BCUT2D eigenvalue weighted by Gasteiger charge is -2.04. The normalized spacial score (nSPS) is 20.1. The molecule has 0 saturated heterocycles. The van der Waals surface area contributed by atoms with Crippen LogP contribution in [0.3, 0.4) is 0 Å². The standard InChI is InChI=1S/C20H38O2/c1-3-5-6-7-8-9-10-11-12-13-14-15-16-18-17-19(18)22-20(21)4-2/h18-19H,3-17H2,1-2H3. The van der Waals surface area contributed by atoms with Crippen LogP contribution in [0.25, 0.3) is 0 Å². The third-order valence-corrected chi connectivity index (χ3v) is 4.86. The van der Waals surface area contributed by atoms with E-state index < -0.39 is 0 Å². The van der Waals surface area contributed by atoms with Gasteiger partial charge >= 0.3 is 5.97 Å². The zero-order chi connectivity index (χ0) is 16.0. The first kappa shape index (κ1) is 19.5. The maximum atomic E-state index is 11.2. The molecule has 0 aliphatic heterocycles. The number of ether oxygens (including phenoxy) is 1. The van der Waals surface area contributed by atoms with Crippen molar-refractivity contribution in [3.63, 3.8) is 0 Å². The molecule has 0 aromatic rings. The lowest BCUT2D eigenvalue weighted by molar-refractivity contribution is -0.145. The van der Waals surface area contributed by atoms with Gasteiger partial charge in [-0.25, -0.2) is 0 Å². The Hall–Kier alpha value is -0.530. The van der Waals surface area contributed by atoms with Crippen molar-refractivity contribution in [3.05, 3.63) is 0 Å². The summed E-state index contributed by atoms with van der Waals surface area (Å²) in [5.74, 6) is 0.654. The summed E-state index contributed by atoms with van der Waals surface area (Å²) in [6.45, 7) is 4.14. The van der Waals surface area contributed by atoms with E-state index in [0.717, 1.165) is 6.42 Å². The summed E-state index contributed by atoms with van der Waals surface area (Å²) in [5.41, 5.74) is 0. The van der Waals surface area contributed by atoms with Crippen molar-refractivity contribution in [2.75, 3.05) is 0 Å². The second-order valence-corrected chi connectivity index (χ2v) is 7.06. The average molecular weight is 311 g/mol. The van der Waals surface area contributed by atoms with Crippen molar-refractivity contribution in [2.45, 2.75) is 116 Å². The molecule has 0 N–H and O–H groups in total. The molecule has 1 rings (SSSR count). The molecule has 22 heavy (non-hydrogen) atoms. The van der Waals surface area contributed by atoms with Crippen LogP contribution in [0, 0.1) is 5.92 Å². The van der Waals surface area contributed by atoms with Crippen molar-refractivity contribution < 1.29 is 9.53 Å². The fraction of sp³-hybridized carbons (Fsp3) is 0.950. The Bertz CT molecular complexity index is 275. The van der Waals surface area contributed by atoms with Crippen LogP contribution in [-0.4, -0.2) is 12.1 Å². The molecule has 1 fully saturated rings. The second-order valence-electron chi connectivity index (χ2n) is 7.06. The molecule has 1 aliphatic rings. The highest BCUT2D eigenvalue weighted by atomic mass is 16.5. The first-order valence-electron chi connectivity index (χ1n) is 9.97. The number of rotatable bonds is 15. The lowest BCUT2D eigenvalue weighted by atomic mass is 10.0. The summed E-state index contributed by atoms with van der Waals surface area (Å²) >= 11 is 0. The highest BCUT2D eigenvalue weighted by Gasteiger charge is 2.39. The van der Waals surface area contributed by atoms with E-state index >= 15 is 0 Å². The first-order valence-corrected chi connectivity index (χ1v) is 9.97. The monoisotopic (exact) mass is 310 g/mol. The van der Waals surface area contributed by atoms with Crippen LogP contribution < -0.4 is 0 Å². The summed E-state index contributed by atoms with van der Waals surface area (Å²) in [7, 11) is 0. The van der Waals surface area contributed by atoms with Crippen molar-refractivity contribution in [2.24, 2.45) is 5.92 Å². The molecule has 130 valence electrons. The molecule has 0 aromatic carbocycles. The number of carbonyl (C=O) groups is 1. The van der Waals surface area contributed by atoms with E-state index in [9.17, 15) is 4.79 Å². The van der Waals surface area contributed by atoms with Crippen LogP contribution in [0.4, 0.5) is 0 Å². The minimum absolute atomic E-state index is 0.0257. The lowest BCUT2D eigenvalue weighted by Crippen LogP contribution is -2.05. The number of carbonyl (C=O) groups excluding carboxylic acids is 1. The summed E-state index contributed by atoms with van der Waals surface area (Å²) in [4.78, 5) is 11.2. The second kappa shape index (κ2) is 13.0. The quantitative estimate of drug-likeness (QED) is 0.258. The van der Waals surface area contributed by atoms with Crippen molar-refractivity contribution in [1.82, 2.24) is 0 Å². The van der Waals surface area contributed by atoms with Crippen LogP contribution in [0.2, 0.25) is 0 Å². The van der Waals surface area contributed by atoms with Crippen LogP contribution in [0.5, 0.6) is 0 Å². The van der Waals surface area contributed by atoms with Crippen molar-refractivity contribution in [1.29, 1.82) is 0 Å². The van der Waals surface area contributed by atoms with Crippen molar-refractivity contribution >= 4 is 5.97 Å². The third-order valence-electron chi connectivity index (χ3n) is 4.86. The maximum absolute atomic E-state index is 11.2. The fourth-order valence-electron chi connectivity index (χ4n) is 3.17.